The lowest BCUT2D eigenvalue weighted by Crippen LogP contribution is -2.27. The summed E-state index contributed by atoms with van der Waals surface area (Å²) in [4.78, 5) is 0. The standard InChI is InChI=1S/C12H11ClO2/c13-12(8-6-10(14)7-9-12)15-11-4-2-1-3-5-11/h1-8,14H,9H2. The predicted octanol–water partition coefficient (Wildman–Crippen LogP) is 3.40. The van der Waals surface area contributed by atoms with Gasteiger partial charge in [-0.05, 0) is 30.4 Å². The maximum absolute atomic E-state index is 9.17. The van der Waals surface area contributed by atoms with Crippen molar-refractivity contribution in [3.63, 3.8) is 0 Å². The molecule has 0 fully saturated rings. The summed E-state index contributed by atoms with van der Waals surface area (Å²) in [6.45, 7) is 0. The van der Waals surface area contributed by atoms with Gasteiger partial charge in [-0.1, -0.05) is 29.8 Å². The van der Waals surface area contributed by atoms with Gasteiger partial charge in [0, 0.05) is 6.42 Å². The van der Waals surface area contributed by atoms with E-state index in [9.17, 15) is 0 Å². The van der Waals surface area contributed by atoms with Crippen LogP contribution in [0.15, 0.2) is 54.3 Å². The molecule has 1 atom stereocenters. The van der Waals surface area contributed by atoms with Crippen molar-refractivity contribution < 1.29 is 9.84 Å². The highest BCUT2D eigenvalue weighted by Gasteiger charge is 2.27. The van der Waals surface area contributed by atoms with Gasteiger partial charge in [-0.15, -0.1) is 0 Å². The minimum Gasteiger partial charge on any atom is -0.508 e. The van der Waals surface area contributed by atoms with E-state index in [2.05, 4.69) is 0 Å². The minimum absolute atomic E-state index is 0.225. The second-order valence-corrected chi connectivity index (χ2v) is 4.01. The van der Waals surface area contributed by atoms with E-state index < -0.39 is 5.06 Å². The van der Waals surface area contributed by atoms with E-state index in [0.717, 1.165) is 0 Å². The molecule has 1 unspecified atom stereocenters. The lowest BCUT2D eigenvalue weighted by atomic mass is 10.1. The van der Waals surface area contributed by atoms with E-state index in [-0.39, 0.29) is 5.76 Å². The molecule has 0 bridgehead atoms. The molecule has 0 spiro atoms. The van der Waals surface area contributed by atoms with Gasteiger partial charge >= 0.3 is 0 Å². The first-order valence-corrected chi connectivity index (χ1v) is 5.07. The second-order valence-electron chi connectivity index (χ2n) is 3.37. The van der Waals surface area contributed by atoms with Crippen LogP contribution in [0.3, 0.4) is 0 Å². The van der Waals surface area contributed by atoms with Crippen LogP contribution in [0, 0.1) is 0 Å². The van der Waals surface area contributed by atoms with E-state index in [1.807, 2.05) is 30.3 Å². The topological polar surface area (TPSA) is 29.5 Å². The predicted molar refractivity (Wildman–Crippen MR) is 60.1 cm³/mol. The number of ether oxygens (including phenoxy) is 1. The number of halogens is 1. The van der Waals surface area contributed by atoms with Crippen molar-refractivity contribution in [1.82, 2.24) is 0 Å². The van der Waals surface area contributed by atoms with Crippen LogP contribution in [0.5, 0.6) is 5.75 Å². The number of hydrogen-bond acceptors (Lipinski definition) is 2. The molecule has 0 amide bonds. The van der Waals surface area contributed by atoms with Crippen LogP contribution in [0.1, 0.15) is 6.42 Å². The smallest absolute Gasteiger partial charge is 0.205 e. The van der Waals surface area contributed by atoms with Gasteiger partial charge in [0.1, 0.15) is 11.5 Å². The Balaban J connectivity index is 2.10. The van der Waals surface area contributed by atoms with E-state index in [4.69, 9.17) is 21.4 Å². The fraction of sp³-hybridized carbons (Fsp3) is 0.167. The molecule has 0 aliphatic heterocycles. The van der Waals surface area contributed by atoms with Crippen molar-refractivity contribution in [1.29, 1.82) is 0 Å². The number of allylic oxidation sites excluding steroid dienone is 1. The van der Waals surface area contributed by atoms with Crippen LogP contribution in [0.2, 0.25) is 0 Å². The van der Waals surface area contributed by atoms with Crippen molar-refractivity contribution in [2.24, 2.45) is 0 Å². The molecule has 15 heavy (non-hydrogen) atoms. The molecule has 1 aliphatic rings. The Kier molecular flexibility index (Phi) is 2.69. The fourth-order valence-corrected chi connectivity index (χ4v) is 1.58. The summed E-state index contributed by atoms with van der Waals surface area (Å²) >= 11 is 6.21. The van der Waals surface area contributed by atoms with Crippen LogP contribution in [-0.4, -0.2) is 10.2 Å². The first-order chi connectivity index (χ1) is 7.18. The van der Waals surface area contributed by atoms with Crippen molar-refractivity contribution in [3.8, 4) is 5.75 Å². The maximum atomic E-state index is 9.17. The Morgan fingerprint density at radius 1 is 1.27 bits per heavy atom. The summed E-state index contributed by atoms with van der Waals surface area (Å²) < 4.78 is 5.61. The van der Waals surface area contributed by atoms with Gasteiger partial charge in [-0.3, -0.25) is 0 Å². The first kappa shape index (κ1) is 10.1. The summed E-state index contributed by atoms with van der Waals surface area (Å²) in [6, 6.07) is 9.37. The van der Waals surface area contributed by atoms with Crippen molar-refractivity contribution in [3.05, 3.63) is 54.3 Å². The summed E-state index contributed by atoms with van der Waals surface area (Å²) in [7, 11) is 0. The monoisotopic (exact) mass is 222 g/mol. The van der Waals surface area contributed by atoms with Crippen molar-refractivity contribution in [2.75, 3.05) is 0 Å². The highest BCUT2D eigenvalue weighted by molar-refractivity contribution is 6.24. The summed E-state index contributed by atoms with van der Waals surface area (Å²) in [5, 5.41) is 8.29. The average Bonchev–Trinajstić information content (AvgIpc) is 2.24. The SMILES string of the molecule is OC1=CCC(Cl)(Oc2ccccc2)C=C1. The van der Waals surface area contributed by atoms with Gasteiger partial charge in [0.25, 0.3) is 0 Å². The molecule has 1 N–H and O–H groups in total. The number of aliphatic hydroxyl groups is 1. The number of hydrogen-bond donors (Lipinski definition) is 1. The second kappa shape index (κ2) is 3.99. The summed E-state index contributed by atoms with van der Waals surface area (Å²) in [5.74, 6) is 0.940. The van der Waals surface area contributed by atoms with Crippen molar-refractivity contribution >= 4 is 11.6 Å². The van der Waals surface area contributed by atoms with Gasteiger partial charge in [0.2, 0.25) is 5.06 Å². The van der Waals surface area contributed by atoms with Gasteiger partial charge in [-0.25, -0.2) is 0 Å². The van der Waals surface area contributed by atoms with E-state index >= 15 is 0 Å². The van der Waals surface area contributed by atoms with Crippen LogP contribution < -0.4 is 4.74 Å². The van der Waals surface area contributed by atoms with Gasteiger partial charge in [0.05, 0.1) is 0 Å². The molecule has 0 heterocycles. The molecule has 0 aromatic heterocycles. The number of rotatable bonds is 2. The Hall–Kier alpha value is -1.41. The first-order valence-electron chi connectivity index (χ1n) is 4.69. The third-order valence-electron chi connectivity index (χ3n) is 2.12. The van der Waals surface area contributed by atoms with E-state index in [1.165, 1.54) is 0 Å². The molecular formula is C12H11ClO2. The molecule has 2 rings (SSSR count). The van der Waals surface area contributed by atoms with Crippen LogP contribution in [0.4, 0.5) is 0 Å². The van der Waals surface area contributed by atoms with Crippen LogP contribution >= 0.6 is 11.6 Å². The normalized spacial score (nSPS) is 24.7. The number of aliphatic hydroxyl groups excluding tert-OH is 1. The third-order valence-corrected chi connectivity index (χ3v) is 2.48. The molecular weight excluding hydrogens is 212 g/mol. The van der Waals surface area contributed by atoms with E-state index in [1.54, 1.807) is 18.2 Å². The zero-order valence-electron chi connectivity index (χ0n) is 8.06. The minimum atomic E-state index is -0.881. The van der Waals surface area contributed by atoms with Crippen molar-refractivity contribution in [2.45, 2.75) is 11.5 Å². The molecule has 2 nitrogen and oxygen atoms in total. The molecule has 1 aromatic rings. The highest BCUT2D eigenvalue weighted by Crippen LogP contribution is 2.30. The van der Waals surface area contributed by atoms with E-state index in [0.29, 0.717) is 12.2 Å². The summed E-state index contributed by atoms with van der Waals surface area (Å²) in [6.07, 6.45) is 5.28. The molecule has 0 saturated carbocycles. The van der Waals surface area contributed by atoms with Crippen LogP contribution in [-0.2, 0) is 0 Å². The van der Waals surface area contributed by atoms with Crippen LogP contribution in [0.25, 0.3) is 0 Å². The largest absolute Gasteiger partial charge is 0.508 e. The molecule has 1 aromatic carbocycles. The maximum Gasteiger partial charge on any atom is 0.205 e. The summed E-state index contributed by atoms with van der Waals surface area (Å²) in [5.41, 5.74) is 0. The number of para-hydroxylation sites is 1. The Labute approximate surface area is 93.4 Å². The highest BCUT2D eigenvalue weighted by atomic mass is 35.5. The molecule has 3 heteroatoms. The lowest BCUT2D eigenvalue weighted by molar-refractivity contribution is 0.205. The zero-order valence-corrected chi connectivity index (χ0v) is 8.82. The zero-order chi connectivity index (χ0) is 10.7. The quantitative estimate of drug-likeness (QED) is 0.778. The Morgan fingerprint density at radius 2 is 2.00 bits per heavy atom. The third kappa shape index (κ3) is 2.54. The van der Waals surface area contributed by atoms with Gasteiger partial charge < -0.3 is 9.84 Å². The Bertz CT molecular complexity index is 397. The molecule has 0 radical (unpaired) electrons. The lowest BCUT2D eigenvalue weighted by Gasteiger charge is -2.25. The number of alkyl halides is 1. The fourth-order valence-electron chi connectivity index (χ4n) is 1.35. The molecule has 0 saturated heterocycles. The van der Waals surface area contributed by atoms with Gasteiger partial charge in [0.15, 0.2) is 0 Å². The number of benzene rings is 1. The average molecular weight is 223 g/mol. The Morgan fingerprint density at radius 3 is 2.60 bits per heavy atom. The molecule has 78 valence electrons. The molecule has 1 aliphatic carbocycles. The van der Waals surface area contributed by atoms with Gasteiger partial charge in [-0.2, -0.15) is 0 Å².